The lowest BCUT2D eigenvalue weighted by Crippen LogP contribution is -2.47. The SMILES string of the molecule is CCOC(=O)/C=C1\[C@@H]2C=Cc3ccccc3N2C(c2ccccc2)=CN1S(=O)(=O)c1ccc(C)cc1. The normalized spacial score (nSPS) is 17.9. The van der Waals surface area contributed by atoms with Crippen LogP contribution in [0.3, 0.4) is 0 Å². The van der Waals surface area contributed by atoms with Crippen molar-refractivity contribution in [2.24, 2.45) is 0 Å². The second-order valence-corrected chi connectivity index (χ2v) is 10.4. The van der Waals surface area contributed by atoms with Crippen LogP contribution in [0, 0.1) is 6.92 Å². The molecule has 36 heavy (non-hydrogen) atoms. The molecule has 2 heterocycles. The number of rotatable bonds is 5. The number of hydrogen-bond donors (Lipinski definition) is 0. The summed E-state index contributed by atoms with van der Waals surface area (Å²) in [4.78, 5) is 14.9. The van der Waals surface area contributed by atoms with Crippen molar-refractivity contribution >= 4 is 33.5 Å². The maximum atomic E-state index is 14.0. The number of carbonyl (C=O) groups excluding carboxylic acids is 1. The largest absolute Gasteiger partial charge is 0.463 e. The van der Waals surface area contributed by atoms with Crippen LogP contribution in [-0.4, -0.2) is 31.3 Å². The van der Waals surface area contributed by atoms with Crippen molar-refractivity contribution in [1.82, 2.24) is 4.31 Å². The first-order valence-electron chi connectivity index (χ1n) is 11.7. The Balaban J connectivity index is 1.77. The summed E-state index contributed by atoms with van der Waals surface area (Å²) in [5.74, 6) is -0.597. The molecule has 3 aromatic carbocycles. The van der Waals surface area contributed by atoms with E-state index in [9.17, 15) is 13.2 Å². The Hall–Kier alpha value is -4.10. The van der Waals surface area contributed by atoms with Gasteiger partial charge in [-0.15, -0.1) is 0 Å². The Kier molecular flexibility index (Phi) is 6.24. The van der Waals surface area contributed by atoms with Crippen LogP contribution in [0.5, 0.6) is 0 Å². The Morgan fingerprint density at radius 2 is 1.67 bits per heavy atom. The molecule has 0 spiro atoms. The predicted molar refractivity (Wildman–Crippen MR) is 141 cm³/mol. The number of ether oxygens (including phenoxy) is 1. The molecule has 2 aliphatic rings. The number of hydrogen-bond acceptors (Lipinski definition) is 5. The highest BCUT2D eigenvalue weighted by Gasteiger charge is 2.40. The molecular weight excluding hydrogens is 472 g/mol. The first kappa shape index (κ1) is 23.6. The van der Waals surface area contributed by atoms with Crippen LogP contribution in [0.2, 0.25) is 0 Å². The number of sulfonamides is 1. The van der Waals surface area contributed by atoms with Crippen molar-refractivity contribution in [1.29, 1.82) is 0 Å². The fraction of sp³-hybridized carbons (Fsp3) is 0.138. The van der Waals surface area contributed by atoms with Gasteiger partial charge in [-0.25, -0.2) is 17.5 Å². The first-order chi connectivity index (χ1) is 17.4. The van der Waals surface area contributed by atoms with Crippen molar-refractivity contribution in [3.05, 3.63) is 120 Å². The molecule has 1 atom stereocenters. The predicted octanol–water partition coefficient (Wildman–Crippen LogP) is 5.35. The monoisotopic (exact) mass is 498 g/mol. The summed E-state index contributed by atoms with van der Waals surface area (Å²) in [5.41, 5.74) is 4.72. The van der Waals surface area contributed by atoms with Crippen LogP contribution in [-0.2, 0) is 19.6 Å². The van der Waals surface area contributed by atoms with Gasteiger partial charge in [-0.1, -0.05) is 78.4 Å². The van der Waals surface area contributed by atoms with Gasteiger partial charge >= 0.3 is 5.97 Å². The Labute approximate surface area is 211 Å². The fourth-order valence-corrected chi connectivity index (χ4v) is 5.86. The van der Waals surface area contributed by atoms with E-state index >= 15 is 0 Å². The number of para-hydroxylation sites is 1. The van der Waals surface area contributed by atoms with Crippen LogP contribution in [0.25, 0.3) is 11.8 Å². The van der Waals surface area contributed by atoms with E-state index < -0.39 is 22.0 Å². The highest BCUT2D eigenvalue weighted by molar-refractivity contribution is 7.89. The molecule has 0 fully saturated rings. The second-order valence-electron chi connectivity index (χ2n) is 8.55. The third-order valence-corrected chi connectivity index (χ3v) is 7.89. The number of fused-ring (bicyclic) bond motifs is 3. The minimum atomic E-state index is -4.04. The molecule has 0 aromatic heterocycles. The van der Waals surface area contributed by atoms with Crippen molar-refractivity contribution in [3.63, 3.8) is 0 Å². The molecule has 0 saturated heterocycles. The van der Waals surface area contributed by atoms with Gasteiger partial charge < -0.3 is 9.64 Å². The summed E-state index contributed by atoms with van der Waals surface area (Å²) >= 11 is 0. The van der Waals surface area contributed by atoms with Gasteiger partial charge in [0.15, 0.2) is 0 Å². The summed E-state index contributed by atoms with van der Waals surface area (Å²) in [6.07, 6.45) is 6.76. The summed E-state index contributed by atoms with van der Waals surface area (Å²) in [7, 11) is -4.04. The molecule has 0 N–H and O–H groups in total. The van der Waals surface area contributed by atoms with E-state index in [0.717, 1.165) is 22.4 Å². The van der Waals surface area contributed by atoms with E-state index in [1.54, 1.807) is 37.4 Å². The number of anilines is 1. The minimum absolute atomic E-state index is 0.139. The molecule has 0 unspecified atom stereocenters. The lowest BCUT2D eigenvalue weighted by molar-refractivity contribution is -0.137. The molecular formula is C29H26N2O4S. The van der Waals surface area contributed by atoms with Crippen molar-refractivity contribution < 1.29 is 17.9 Å². The molecule has 0 radical (unpaired) electrons. The molecule has 3 aromatic rings. The molecule has 0 bridgehead atoms. The number of benzene rings is 3. The highest BCUT2D eigenvalue weighted by atomic mass is 32.2. The topological polar surface area (TPSA) is 66.9 Å². The number of esters is 1. The van der Waals surface area contributed by atoms with E-state index in [1.807, 2.05) is 73.7 Å². The number of aryl methyl sites for hydroxylation is 1. The maximum Gasteiger partial charge on any atom is 0.332 e. The standard InChI is InChI=1S/C29H26N2O4S/c1-3-35-29(32)19-27-26-18-15-23-11-7-8-12-25(23)31(26)28(22-9-5-4-6-10-22)20-30(27)36(33,34)24-16-13-21(2)14-17-24/h4-20,26H,3H2,1-2H3/b27-19+/t26-/m0/s1. The van der Waals surface area contributed by atoms with Gasteiger partial charge in [-0.3, -0.25) is 0 Å². The van der Waals surface area contributed by atoms with Crippen LogP contribution in [0.4, 0.5) is 5.69 Å². The van der Waals surface area contributed by atoms with E-state index in [2.05, 4.69) is 4.90 Å². The quantitative estimate of drug-likeness (QED) is 0.351. The Morgan fingerprint density at radius 1 is 0.972 bits per heavy atom. The summed E-state index contributed by atoms with van der Waals surface area (Å²) in [6.45, 7) is 3.80. The fourth-order valence-electron chi connectivity index (χ4n) is 4.48. The van der Waals surface area contributed by atoms with Gasteiger partial charge in [-0.05, 0) is 43.2 Å². The van der Waals surface area contributed by atoms with Gasteiger partial charge in [0, 0.05) is 18.0 Å². The molecule has 6 nitrogen and oxygen atoms in total. The zero-order valence-electron chi connectivity index (χ0n) is 20.0. The lowest BCUT2D eigenvalue weighted by Gasteiger charge is -2.45. The zero-order valence-corrected chi connectivity index (χ0v) is 20.9. The van der Waals surface area contributed by atoms with Gasteiger partial charge in [0.2, 0.25) is 0 Å². The summed E-state index contributed by atoms with van der Waals surface area (Å²) < 4.78 is 34.4. The average molecular weight is 499 g/mol. The molecule has 5 rings (SSSR count). The van der Waals surface area contributed by atoms with Crippen molar-refractivity contribution in [3.8, 4) is 0 Å². The van der Waals surface area contributed by atoms with Crippen LogP contribution >= 0.6 is 0 Å². The third-order valence-electron chi connectivity index (χ3n) is 6.19. The molecule has 0 amide bonds. The van der Waals surface area contributed by atoms with E-state index in [-0.39, 0.29) is 11.5 Å². The third kappa shape index (κ3) is 4.22. The van der Waals surface area contributed by atoms with Gasteiger partial charge in [0.25, 0.3) is 10.0 Å². The van der Waals surface area contributed by atoms with E-state index in [0.29, 0.717) is 11.4 Å². The summed E-state index contributed by atoms with van der Waals surface area (Å²) in [5, 5.41) is 0. The number of nitrogens with zero attached hydrogens (tertiary/aromatic N) is 2. The molecule has 0 aliphatic carbocycles. The second kappa shape index (κ2) is 9.51. The van der Waals surface area contributed by atoms with Crippen LogP contribution in [0.15, 0.2) is 108 Å². The van der Waals surface area contributed by atoms with E-state index in [4.69, 9.17) is 4.74 Å². The number of carbonyl (C=O) groups is 1. The van der Waals surface area contributed by atoms with Crippen LogP contribution < -0.4 is 4.90 Å². The Bertz CT molecular complexity index is 1490. The molecule has 182 valence electrons. The molecule has 0 saturated carbocycles. The maximum absolute atomic E-state index is 14.0. The van der Waals surface area contributed by atoms with Crippen molar-refractivity contribution in [2.45, 2.75) is 24.8 Å². The smallest absolute Gasteiger partial charge is 0.332 e. The van der Waals surface area contributed by atoms with E-state index in [1.165, 1.54) is 10.4 Å². The van der Waals surface area contributed by atoms with Gasteiger partial charge in [0.05, 0.1) is 28.9 Å². The summed E-state index contributed by atoms with van der Waals surface area (Å²) in [6, 6.07) is 23.7. The van der Waals surface area contributed by atoms with Crippen LogP contribution in [0.1, 0.15) is 23.6 Å². The van der Waals surface area contributed by atoms with Crippen molar-refractivity contribution in [2.75, 3.05) is 11.5 Å². The Morgan fingerprint density at radius 3 is 2.39 bits per heavy atom. The molecule has 2 aliphatic heterocycles. The van der Waals surface area contributed by atoms with Gasteiger partial charge in [0.1, 0.15) is 0 Å². The zero-order chi connectivity index (χ0) is 25.3. The lowest BCUT2D eigenvalue weighted by atomic mass is 9.96. The minimum Gasteiger partial charge on any atom is -0.463 e. The first-order valence-corrected chi connectivity index (χ1v) is 13.2. The average Bonchev–Trinajstić information content (AvgIpc) is 2.89. The van der Waals surface area contributed by atoms with Gasteiger partial charge in [-0.2, -0.15) is 0 Å². The highest BCUT2D eigenvalue weighted by Crippen LogP contribution is 2.43. The molecule has 7 heteroatoms.